The summed E-state index contributed by atoms with van der Waals surface area (Å²) in [5, 5.41) is 9.31. The van der Waals surface area contributed by atoms with Gasteiger partial charge in [-0.2, -0.15) is 0 Å². The van der Waals surface area contributed by atoms with E-state index in [4.69, 9.17) is 0 Å². The van der Waals surface area contributed by atoms with E-state index < -0.39 is 0 Å². The quantitative estimate of drug-likeness (QED) is 0.644. The Labute approximate surface area is 135 Å². The minimum absolute atomic E-state index is 0.297. The molecule has 22 heavy (non-hydrogen) atoms. The van der Waals surface area contributed by atoms with E-state index in [1.54, 1.807) is 23.9 Å². The second kappa shape index (κ2) is 7.85. The fraction of sp³-hybridized carbons (Fsp3) is 0.211. The number of fused-ring (bicyclic) bond motifs is 1. The van der Waals surface area contributed by atoms with E-state index in [1.165, 1.54) is 4.90 Å². The molecular formula is C19H20O2S. The number of rotatable bonds is 2. The van der Waals surface area contributed by atoms with Gasteiger partial charge in [0.1, 0.15) is 12.0 Å². The van der Waals surface area contributed by atoms with Crippen LogP contribution in [0, 0.1) is 0 Å². The molecule has 3 rings (SSSR count). The molecule has 0 radical (unpaired) electrons. The number of aldehydes is 1. The molecule has 0 fully saturated rings. The third kappa shape index (κ3) is 4.01. The summed E-state index contributed by atoms with van der Waals surface area (Å²) in [7, 11) is 0. The Morgan fingerprint density at radius 1 is 1.09 bits per heavy atom. The Kier molecular flexibility index (Phi) is 5.84. The summed E-state index contributed by atoms with van der Waals surface area (Å²) in [6, 6.07) is 15.6. The van der Waals surface area contributed by atoms with Gasteiger partial charge < -0.3 is 5.11 Å². The highest BCUT2D eigenvalue weighted by Gasteiger charge is 2.15. The summed E-state index contributed by atoms with van der Waals surface area (Å²) < 4.78 is 0. The predicted molar refractivity (Wildman–Crippen MR) is 93.3 cm³/mol. The summed E-state index contributed by atoms with van der Waals surface area (Å²) >= 11 is 1.77. The van der Waals surface area contributed by atoms with Crippen LogP contribution in [0.3, 0.4) is 0 Å². The monoisotopic (exact) mass is 312 g/mol. The van der Waals surface area contributed by atoms with Crippen molar-refractivity contribution in [2.24, 2.45) is 0 Å². The molecule has 0 saturated carbocycles. The third-order valence-electron chi connectivity index (χ3n) is 3.76. The van der Waals surface area contributed by atoms with Gasteiger partial charge in [0.15, 0.2) is 0 Å². The molecule has 3 heteroatoms. The van der Waals surface area contributed by atoms with Gasteiger partial charge in [0, 0.05) is 4.90 Å². The zero-order valence-electron chi connectivity index (χ0n) is 12.9. The van der Waals surface area contributed by atoms with Gasteiger partial charge in [0.2, 0.25) is 0 Å². The average molecular weight is 312 g/mol. The maximum absolute atomic E-state index is 10.7. The molecular weight excluding hydrogens is 292 g/mol. The van der Waals surface area contributed by atoms with Crippen molar-refractivity contribution in [2.75, 3.05) is 6.26 Å². The maximum Gasteiger partial charge on any atom is 0.146 e. The van der Waals surface area contributed by atoms with Crippen LogP contribution in [0.15, 0.2) is 59.0 Å². The molecule has 114 valence electrons. The molecule has 0 unspecified atom stereocenters. The first kappa shape index (κ1) is 16.4. The molecule has 2 aromatic rings. The Morgan fingerprint density at radius 2 is 1.82 bits per heavy atom. The minimum Gasteiger partial charge on any atom is -0.508 e. The lowest BCUT2D eigenvalue weighted by Gasteiger charge is -2.18. The molecule has 0 heterocycles. The lowest BCUT2D eigenvalue weighted by atomic mass is 9.87. The van der Waals surface area contributed by atoms with Crippen LogP contribution in [0.25, 0.3) is 5.57 Å². The van der Waals surface area contributed by atoms with Gasteiger partial charge in [0.05, 0.1) is 0 Å². The molecule has 2 aromatic carbocycles. The molecule has 1 aliphatic carbocycles. The molecule has 1 aliphatic rings. The number of aromatic hydroxyl groups is 1. The summed E-state index contributed by atoms with van der Waals surface area (Å²) in [5.41, 5.74) is 4.15. The number of allylic oxidation sites excluding steroid dienone is 2. The van der Waals surface area contributed by atoms with Crippen LogP contribution in [0.2, 0.25) is 0 Å². The lowest BCUT2D eigenvalue weighted by Crippen LogP contribution is -2.03. The van der Waals surface area contributed by atoms with Crippen molar-refractivity contribution in [1.29, 1.82) is 0 Å². The van der Waals surface area contributed by atoms with Gasteiger partial charge in [0.25, 0.3) is 0 Å². The fourth-order valence-corrected chi connectivity index (χ4v) is 2.92. The van der Waals surface area contributed by atoms with Crippen LogP contribution in [-0.4, -0.2) is 17.6 Å². The van der Waals surface area contributed by atoms with E-state index in [2.05, 4.69) is 18.4 Å². The van der Waals surface area contributed by atoms with Crippen LogP contribution in [0.4, 0.5) is 0 Å². The highest BCUT2D eigenvalue weighted by molar-refractivity contribution is 7.98. The Morgan fingerprint density at radius 3 is 2.41 bits per heavy atom. The first-order valence-electron chi connectivity index (χ1n) is 7.22. The van der Waals surface area contributed by atoms with E-state index in [0.29, 0.717) is 5.75 Å². The lowest BCUT2D eigenvalue weighted by molar-refractivity contribution is -0.105. The molecule has 0 saturated heterocycles. The number of hydrogen-bond acceptors (Lipinski definition) is 3. The van der Waals surface area contributed by atoms with E-state index >= 15 is 0 Å². The highest BCUT2D eigenvalue weighted by atomic mass is 32.2. The SMILES string of the molecule is CC1=C(C=O)CCc2cc(O)ccc21.CSc1ccccc1. The average Bonchev–Trinajstić information content (AvgIpc) is 2.56. The number of thioether (sulfide) groups is 1. The van der Waals surface area contributed by atoms with Crippen LogP contribution in [-0.2, 0) is 11.2 Å². The molecule has 0 aromatic heterocycles. The zero-order valence-corrected chi connectivity index (χ0v) is 13.7. The fourth-order valence-electron chi connectivity index (χ4n) is 2.49. The standard InChI is InChI=1S/C12H12O2.C7H8S/c1-8-10(7-13)3-2-9-6-11(14)4-5-12(8)9;1-8-7-5-3-2-4-6-7/h4-7,14H,2-3H2,1H3;2-6H,1H3. The van der Waals surface area contributed by atoms with Crippen molar-refractivity contribution in [2.45, 2.75) is 24.7 Å². The Bertz CT molecular complexity index is 675. The summed E-state index contributed by atoms with van der Waals surface area (Å²) in [4.78, 5) is 12.1. The van der Waals surface area contributed by atoms with Crippen molar-refractivity contribution < 1.29 is 9.90 Å². The smallest absolute Gasteiger partial charge is 0.146 e. The largest absolute Gasteiger partial charge is 0.508 e. The van der Waals surface area contributed by atoms with Crippen molar-refractivity contribution in [3.63, 3.8) is 0 Å². The summed E-state index contributed by atoms with van der Waals surface area (Å²) in [5.74, 6) is 0.297. The second-order valence-electron chi connectivity index (χ2n) is 5.13. The molecule has 2 nitrogen and oxygen atoms in total. The van der Waals surface area contributed by atoms with E-state index in [-0.39, 0.29) is 0 Å². The summed E-state index contributed by atoms with van der Waals surface area (Å²) in [6.07, 6.45) is 4.64. The van der Waals surface area contributed by atoms with Crippen LogP contribution in [0.5, 0.6) is 5.75 Å². The number of carbonyl (C=O) groups excluding carboxylic acids is 1. The Hall–Kier alpha value is -2.00. The number of phenolic OH excluding ortho intramolecular Hbond substituents is 1. The van der Waals surface area contributed by atoms with E-state index in [9.17, 15) is 9.90 Å². The van der Waals surface area contributed by atoms with Crippen LogP contribution < -0.4 is 0 Å². The maximum atomic E-state index is 10.7. The molecule has 1 N–H and O–H groups in total. The second-order valence-corrected chi connectivity index (χ2v) is 6.01. The molecule has 0 atom stereocenters. The first-order chi connectivity index (χ1) is 10.7. The number of hydrogen-bond donors (Lipinski definition) is 1. The van der Waals surface area contributed by atoms with Crippen molar-refractivity contribution in [3.8, 4) is 5.75 Å². The number of benzene rings is 2. The number of carbonyl (C=O) groups is 1. The highest BCUT2D eigenvalue weighted by Crippen LogP contribution is 2.31. The molecule has 0 spiro atoms. The van der Waals surface area contributed by atoms with E-state index in [1.807, 2.05) is 31.2 Å². The first-order valence-corrected chi connectivity index (χ1v) is 8.44. The number of phenols is 1. The molecule has 0 bridgehead atoms. The molecule has 0 amide bonds. The van der Waals surface area contributed by atoms with Gasteiger partial charge in [-0.25, -0.2) is 0 Å². The van der Waals surface area contributed by atoms with Gasteiger partial charge >= 0.3 is 0 Å². The Balaban J connectivity index is 0.000000188. The van der Waals surface area contributed by atoms with E-state index in [0.717, 1.165) is 41.4 Å². The predicted octanol–water partition coefficient (Wildman–Crippen LogP) is 4.72. The van der Waals surface area contributed by atoms with Crippen molar-refractivity contribution in [3.05, 3.63) is 65.2 Å². The van der Waals surface area contributed by atoms with Crippen molar-refractivity contribution >= 4 is 23.6 Å². The normalized spacial score (nSPS) is 13.0. The topological polar surface area (TPSA) is 37.3 Å². The van der Waals surface area contributed by atoms with Gasteiger partial charge in [-0.05, 0) is 72.6 Å². The minimum atomic E-state index is 0.297. The van der Waals surface area contributed by atoms with Crippen molar-refractivity contribution in [1.82, 2.24) is 0 Å². The van der Waals surface area contributed by atoms with Crippen LogP contribution >= 0.6 is 11.8 Å². The summed E-state index contributed by atoms with van der Waals surface area (Å²) in [6.45, 7) is 1.96. The molecule has 0 aliphatic heterocycles. The van der Waals surface area contributed by atoms with Gasteiger partial charge in [-0.15, -0.1) is 11.8 Å². The number of aryl methyl sites for hydroxylation is 1. The third-order valence-corrected chi connectivity index (χ3v) is 4.50. The zero-order chi connectivity index (χ0) is 15.9. The van der Waals surface area contributed by atoms with Crippen LogP contribution in [0.1, 0.15) is 24.5 Å². The van der Waals surface area contributed by atoms with Gasteiger partial charge in [-0.1, -0.05) is 24.3 Å². The van der Waals surface area contributed by atoms with Gasteiger partial charge in [-0.3, -0.25) is 4.79 Å².